The molecule has 2 N–H and O–H groups in total. The number of hydrogen-bond donors (Lipinski definition) is 2. The molecule has 0 aliphatic heterocycles. The first-order valence-corrected chi connectivity index (χ1v) is 5.91. The van der Waals surface area contributed by atoms with Crippen LogP contribution in [0.25, 0.3) is 0 Å². The monoisotopic (exact) mass is 241 g/mol. The zero-order valence-electron chi connectivity index (χ0n) is 10.4. The zero-order valence-corrected chi connectivity index (χ0v) is 10.4. The maximum Gasteiger partial charge on any atom is 0.167 e. The fraction of sp³-hybridized carbons (Fsp3) is 0.538. The van der Waals surface area contributed by atoms with Gasteiger partial charge in [0, 0.05) is 12.6 Å². The number of likely N-dealkylation sites (N-methyl/N-ethyl adjacent to an activating group) is 1. The third-order valence-electron chi connectivity index (χ3n) is 2.57. The Bertz CT molecular complexity index is 338. The van der Waals surface area contributed by atoms with Crippen molar-refractivity contribution in [3.63, 3.8) is 0 Å². The number of aryl methyl sites for hydroxylation is 1. The summed E-state index contributed by atoms with van der Waals surface area (Å²) in [6, 6.07) is 5.13. The normalized spacial score (nSPS) is 12.5. The van der Waals surface area contributed by atoms with Gasteiger partial charge in [0.15, 0.2) is 11.6 Å². The molecule has 0 heterocycles. The maximum atomic E-state index is 13.6. The van der Waals surface area contributed by atoms with E-state index in [1.807, 2.05) is 6.92 Å². The number of aliphatic hydroxyl groups excluding tert-OH is 1. The van der Waals surface area contributed by atoms with Crippen molar-refractivity contribution < 1.29 is 14.2 Å². The Morgan fingerprint density at radius 1 is 1.47 bits per heavy atom. The average Bonchev–Trinajstić information content (AvgIpc) is 2.31. The van der Waals surface area contributed by atoms with Crippen LogP contribution in [0.15, 0.2) is 18.2 Å². The summed E-state index contributed by atoms with van der Waals surface area (Å²) in [4.78, 5) is 0. The van der Waals surface area contributed by atoms with E-state index in [1.165, 1.54) is 0 Å². The number of hydrogen-bond acceptors (Lipinski definition) is 3. The molecule has 0 aromatic heterocycles. The molecule has 1 aromatic rings. The molecule has 0 saturated heterocycles. The highest BCUT2D eigenvalue weighted by molar-refractivity contribution is 5.30. The van der Waals surface area contributed by atoms with Crippen LogP contribution in [0, 0.1) is 12.7 Å². The van der Waals surface area contributed by atoms with Crippen molar-refractivity contribution in [3.8, 4) is 5.75 Å². The van der Waals surface area contributed by atoms with Gasteiger partial charge in [0.05, 0.1) is 0 Å². The fourth-order valence-electron chi connectivity index (χ4n) is 1.61. The Balaban J connectivity index is 2.55. The van der Waals surface area contributed by atoms with Crippen LogP contribution in [0.2, 0.25) is 0 Å². The molecule has 0 saturated carbocycles. The summed E-state index contributed by atoms with van der Waals surface area (Å²) in [5.74, 6) is -0.0439. The lowest BCUT2D eigenvalue weighted by Gasteiger charge is -2.18. The van der Waals surface area contributed by atoms with Crippen LogP contribution in [-0.2, 0) is 0 Å². The molecular formula is C13H20FNO2. The molecule has 0 aliphatic rings. The highest BCUT2D eigenvalue weighted by Crippen LogP contribution is 2.19. The van der Waals surface area contributed by atoms with Crippen LogP contribution >= 0.6 is 0 Å². The number of nitrogens with one attached hydrogen (secondary N) is 1. The van der Waals surface area contributed by atoms with Crippen LogP contribution < -0.4 is 10.1 Å². The first kappa shape index (κ1) is 13.9. The van der Waals surface area contributed by atoms with Crippen LogP contribution in [0.1, 0.15) is 18.9 Å². The molecule has 1 rings (SSSR count). The van der Waals surface area contributed by atoms with E-state index in [1.54, 1.807) is 25.1 Å². The summed E-state index contributed by atoms with van der Waals surface area (Å²) in [5.41, 5.74) is 0.574. The number of aliphatic hydroxyl groups is 1. The standard InChI is InChI=1S/C13H20FNO2/c1-3-15-11(7-8-16)9-17-12-6-4-5-10(2)13(12)14/h4-6,11,15-16H,3,7-9H2,1-2H3. The molecule has 0 amide bonds. The number of benzene rings is 1. The van der Waals surface area contributed by atoms with Crippen molar-refractivity contribution in [2.24, 2.45) is 0 Å². The summed E-state index contributed by atoms with van der Waals surface area (Å²) in [5, 5.41) is 12.1. The van der Waals surface area contributed by atoms with Crippen molar-refractivity contribution >= 4 is 0 Å². The average molecular weight is 241 g/mol. The summed E-state index contributed by atoms with van der Waals surface area (Å²) < 4.78 is 19.1. The lowest BCUT2D eigenvalue weighted by Crippen LogP contribution is -2.35. The highest BCUT2D eigenvalue weighted by atomic mass is 19.1. The molecule has 96 valence electrons. The van der Waals surface area contributed by atoms with Gasteiger partial charge in [-0.1, -0.05) is 19.1 Å². The maximum absolute atomic E-state index is 13.6. The molecule has 3 nitrogen and oxygen atoms in total. The first-order valence-electron chi connectivity index (χ1n) is 5.91. The largest absolute Gasteiger partial charge is 0.489 e. The fourth-order valence-corrected chi connectivity index (χ4v) is 1.61. The van der Waals surface area contributed by atoms with Crippen LogP contribution in [0.5, 0.6) is 5.75 Å². The topological polar surface area (TPSA) is 41.5 Å². The molecule has 17 heavy (non-hydrogen) atoms. The molecule has 1 aromatic carbocycles. The third kappa shape index (κ3) is 4.32. The Kier molecular flexibility index (Phi) is 5.94. The molecule has 0 aliphatic carbocycles. The van der Waals surface area contributed by atoms with Crippen molar-refractivity contribution in [1.82, 2.24) is 5.32 Å². The van der Waals surface area contributed by atoms with Gasteiger partial charge in [0.1, 0.15) is 6.61 Å². The third-order valence-corrected chi connectivity index (χ3v) is 2.57. The van der Waals surface area contributed by atoms with Crippen LogP contribution in [-0.4, -0.2) is 30.9 Å². The minimum absolute atomic E-state index is 0.0462. The number of rotatable bonds is 7. The number of ether oxygens (including phenoxy) is 1. The van der Waals surface area contributed by atoms with Crippen LogP contribution in [0.4, 0.5) is 4.39 Å². The molecule has 4 heteroatoms. The Hall–Kier alpha value is -1.13. The minimum Gasteiger partial charge on any atom is -0.489 e. The van der Waals surface area contributed by atoms with E-state index < -0.39 is 0 Å². The van der Waals surface area contributed by atoms with Gasteiger partial charge in [-0.3, -0.25) is 0 Å². The van der Waals surface area contributed by atoms with E-state index in [2.05, 4.69) is 5.32 Å². The molecule has 0 fully saturated rings. The lowest BCUT2D eigenvalue weighted by molar-refractivity contribution is 0.210. The Labute approximate surface area is 102 Å². The number of halogens is 1. The van der Waals surface area contributed by atoms with Gasteiger partial charge in [0.2, 0.25) is 0 Å². The van der Waals surface area contributed by atoms with Crippen LogP contribution in [0.3, 0.4) is 0 Å². The second-order valence-corrected chi connectivity index (χ2v) is 3.96. The van der Waals surface area contributed by atoms with Gasteiger partial charge >= 0.3 is 0 Å². The van der Waals surface area contributed by atoms with Gasteiger partial charge in [-0.2, -0.15) is 0 Å². The SMILES string of the molecule is CCNC(CCO)COc1cccc(C)c1F. The summed E-state index contributed by atoms with van der Waals surface area (Å²) >= 11 is 0. The quantitative estimate of drug-likeness (QED) is 0.765. The van der Waals surface area contributed by atoms with Crippen molar-refractivity contribution in [3.05, 3.63) is 29.6 Å². The molecule has 0 bridgehead atoms. The molecule has 1 atom stereocenters. The summed E-state index contributed by atoms with van der Waals surface area (Å²) in [7, 11) is 0. The van der Waals surface area contributed by atoms with E-state index >= 15 is 0 Å². The van der Waals surface area contributed by atoms with E-state index in [4.69, 9.17) is 9.84 Å². The smallest absolute Gasteiger partial charge is 0.167 e. The molecule has 0 radical (unpaired) electrons. The molecule has 0 spiro atoms. The van der Waals surface area contributed by atoms with Gasteiger partial charge in [-0.15, -0.1) is 0 Å². The first-order chi connectivity index (χ1) is 8.19. The second kappa shape index (κ2) is 7.25. The predicted octanol–water partition coefficient (Wildman–Crippen LogP) is 1.87. The Morgan fingerprint density at radius 2 is 2.24 bits per heavy atom. The van der Waals surface area contributed by atoms with Crippen molar-refractivity contribution in [2.45, 2.75) is 26.3 Å². The van der Waals surface area contributed by atoms with E-state index in [0.717, 1.165) is 6.54 Å². The van der Waals surface area contributed by atoms with Crippen molar-refractivity contribution in [2.75, 3.05) is 19.8 Å². The minimum atomic E-state index is -0.313. The van der Waals surface area contributed by atoms with E-state index in [-0.39, 0.29) is 24.2 Å². The predicted molar refractivity (Wildman–Crippen MR) is 65.8 cm³/mol. The Morgan fingerprint density at radius 3 is 2.88 bits per heavy atom. The molecular weight excluding hydrogens is 221 g/mol. The van der Waals surface area contributed by atoms with E-state index in [9.17, 15) is 4.39 Å². The zero-order chi connectivity index (χ0) is 12.7. The van der Waals surface area contributed by atoms with Crippen molar-refractivity contribution in [1.29, 1.82) is 0 Å². The van der Waals surface area contributed by atoms with E-state index in [0.29, 0.717) is 18.6 Å². The summed E-state index contributed by atoms with van der Waals surface area (Å²) in [6.07, 6.45) is 0.598. The van der Waals surface area contributed by atoms with Gasteiger partial charge in [0.25, 0.3) is 0 Å². The lowest BCUT2D eigenvalue weighted by atomic mass is 10.2. The summed E-state index contributed by atoms with van der Waals surface area (Å²) in [6.45, 7) is 4.94. The molecule has 1 unspecified atom stereocenters. The highest BCUT2D eigenvalue weighted by Gasteiger charge is 2.10. The van der Waals surface area contributed by atoms with Gasteiger partial charge < -0.3 is 15.2 Å². The second-order valence-electron chi connectivity index (χ2n) is 3.96. The van der Waals surface area contributed by atoms with Gasteiger partial charge in [-0.05, 0) is 31.5 Å². The van der Waals surface area contributed by atoms with Gasteiger partial charge in [-0.25, -0.2) is 4.39 Å².